The molecule has 0 amide bonds. The Kier molecular flexibility index (Phi) is 6.32. The van der Waals surface area contributed by atoms with E-state index in [2.05, 4.69) is 46.6 Å². The van der Waals surface area contributed by atoms with Crippen LogP contribution in [0.3, 0.4) is 0 Å². The van der Waals surface area contributed by atoms with Crippen LogP contribution in [0.25, 0.3) is 0 Å². The van der Waals surface area contributed by atoms with Gasteiger partial charge in [0.1, 0.15) is 0 Å². The van der Waals surface area contributed by atoms with Crippen LogP contribution in [0.1, 0.15) is 66.7 Å². The maximum atomic E-state index is 10.3. The SMILES string of the molecule is CCCC(C)N(C)CC1CC(C(C)(C)C)CCC1O. The van der Waals surface area contributed by atoms with Crippen LogP contribution in [0, 0.1) is 17.3 Å². The molecule has 0 aromatic carbocycles. The highest BCUT2D eigenvalue weighted by Gasteiger charge is 2.35. The van der Waals surface area contributed by atoms with E-state index in [1.54, 1.807) is 0 Å². The summed E-state index contributed by atoms with van der Waals surface area (Å²) in [5.74, 6) is 1.22. The monoisotopic (exact) mass is 269 g/mol. The Morgan fingerprint density at radius 2 is 1.89 bits per heavy atom. The van der Waals surface area contributed by atoms with Crippen LogP contribution in [0.15, 0.2) is 0 Å². The number of hydrogen-bond donors (Lipinski definition) is 1. The second-order valence-electron chi connectivity index (χ2n) is 7.78. The molecule has 1 saturated carbocycles. The molecule has 4 atom stereocenters. The Morgan fingerprint density at radius 3 is 2.42 bits per heavy atom. The quantitative estimate of drug-likeness (QED) is 0.817. The van der Waals surface area contributed by atoms with Crippen molar-refractivity contribution in [3.05, 3.63) is 0 Å². The van der Waals surface area contributed by atoms with Gasteiger partial charge >= 0.3 is 0 Å². The molecule has 0 saturated heterocycles. The van der Waals surface area contributed by atoms with Gasteiger partial charge in [-0.15, -0.1) is 0 Å². The summed E-state index contributed by atoms with van der Waals surface area (Å²) in [5, 5.41) is 10.3. The van der Waals surface area contributed by atoms with Gasteiger partial charge in [-0.1, -0.05) is 34.1 Å². The van der Waals surface area contributed by atoms with Gasteiger partial charge in [0.05, 0.1) is 6.10 Å². The van der Waals surface area contributed by atoms with Crippen molar-refractivity contribution in [2.75, 3.05) is 13.6 Å². The second kappa shape index (κ2) is 7.08. The van der Waals surface area contributed by atoms with Crippen LogP contribution < -0.4 is 0 Å². The molecule has 2 heteroatoms. The summed E-state index contributed by atoms with van der Waals surface area (Å²) < 4.78 is 0. The van der Waals surface area contributed by atoms with E-state index in [-0.39, 0.29) is 6.10 Å². The van der Waals surface area contributed by atoms with Crippen molar-refractivity contribution < 1.29 is 5.11 Å². The van der Waals surface area contributed by atoms with E-state index in [4.69, 9.17) is 0 Å². The molecule has 1 aliphatic carbocycles. The lowest BCUT2D eigenvalue weighted by atomic mass is 9.68. The van der Waals surface area contributed by atoms with Gasteiger partial charge in [0.15, 0.2) is 0 Å². The first-order valence-corrected chi connectivity index (χ1v) is 8.14. The third-order valence-corrected chi connectivity index (χ3v) is 5.15. The van der Waals surface area contributed by atoms with Gasteiger partial charge in [0.25, 0.3) is 0 Å². The number of aliphatic hydroxyl groups excluding tert-OH is 1. The van der Waals surface area contributed by atoms with Crippen molar-refractivity contribution in [2.45, 2.75) is 78.9 Å². The molecule has 0 aromatic heterocycles. The molecule has 0 bridgehead atoms. The lowest BCUT2D eigenvalue weighted by Crippen LogP contribution is -2.42. The Balaban J connectivity index is 2.55. The van der Waals surface area contributed by atoms with Crippen LogP contribution >= 0.6 is 0 Å². The van der Waals surface area contributed by atoms with E-state index < -0.39 is 0 Å². The Labute approximate surface area is 120 Å². The normalized spacial score (nSPS) is 30.6. The molecule has 0 radical (unpaired) electrons. The Hall–Kier alpha value is -0.0800. The smallest absolute Gasteiger partial charge is 0.0580 e. The van der Waals surface area contributed by atoms with E-state index in [1.807, 2.05) is 0 Å². The predicted octanol–water partition coefficient (Wildman–Crippen LogP) is 3.93. The summed E-state index contributed by atoms with van der Waals surface area (Å²) >= 11 is 0. The van der Waals surface area contributed by atoms with E-state index in [0.717, 1.165) is 18.9 Å². The van der Waals surface area contributed by atoms with Gasteiger partial charge in [-0.2, -0.15) is 0 Å². The lowest BCUT2D eigenvalue weighted by molar-refractivity contribution is 0.00178. The molecule has 4 unspecified atom stereocenters. The predicted molar refractivity (Wildman–Crippen MR) is 83.3 cm³/mol. The first-order valence-electron chi connectivity index (χ1n) is 8.14. The minimum absolute atomic E-state index is 0.0881. The minimum atomic E-state index is -0.0881. The molecule has 1 aliphatic rings. The molecule has 1 rings (SSSR count). The summed E-state index contributed by atoms with van der Waals surface area (Å²) in [6.07, 6.45) is 5.77. The van der Waals surface area contributed by atoms with Gasteiger partial charge in [-0.05, 0) is 56.9 Å². The molecule has 0 aliphatic heterocycles. The van der Waals surface area contributed by atoms with Gasteiger partial charge in [0, 0.05) is 12.6 Å². The van der Waals surface area contributed by atoms with Crippen LogP contribution in [0.2, 0.25) is 0 Å². The molecular formula is C17H35NO. The van der Waals surface area contributed by atoms with Crippen molar-refractivity contribution in [3.63, 3.8) is 0 Å². The van der Waals surface area contributed by atoms with E-state index in [9.17, 15) is 5.11 Å². The summed E-state index contributed by atoms with van der Waals surface area (Å²) in [7, 11) is 2.22. The molecule has 19 heavy (non-hydrogen) atoms. The second-order valence-corrected chi connectivity index (χ2v) is 7.78. The van der Waals surface area contributed by atoms with Gasteiger partial charge in [-0.25, -0.2) is 0 Å². The third-order valence-electron chi connectivity index (χ3n) is 5.15. The van der Waals surface area contributed by atoms with E-state index in [1.165, 1.54) is 25.7 Å². The van der Waals surface area contributed by atoms with Gasteiger partial charge < -0.3 is 10.0 Å². The van der Waals surface area contributed by atoms with Crippen LogP contribution in [0.5, 0.6) is 0 Å². The zero-order valence-electron chi connectivity index (χ0n) is 13.9. The molecule has 0 spiro atoms. The maximum Gasteiger partial charge on any atom is 0.0580 e. The fourth-order valence-corrected chi connectivity index (χ4v) is 3.42. The molecule has 114 valence electrons. The van der Waals surface area contributed by atoms with Gasteiger partial charge in [0.2, 0.25) is 0 Å². The molecular weight excluding hydrogens is 234 g/mol. The largest absolute Gasteiger partial charge is 0.393 e. The average molecular weight is 269 g/mol. The number of aliphatic hydroxyl groups is 1. The summed E-state index contributed by atoms with van der Waals surface area (Å²) in [4.78, 5) is 2.45. The van der Waals surface area contributed by atoms with Crippen molar-refractivity contribution >= 4 is 0 Å². The zero-order chi connectivity index (χ0) is 14.6. The first-order chi connectivity index (χ1) is 8.75. The standard InChI is InChI=1S/C17H35NO/c1-7-8-13(2)18(6)12-14-11-15(17(3,4)5)9-10-16(14)19/h13-16,19H,7-12H2,1-6H3. The molecule has 1 N–H and O–H groups in total. The zero-order valence-corrected chi connectivity index (χ0v) is 13.9. The highest BCUT2D eigenvalue weighted by molar-refractivity contribution is 4.87. The number of rotatable bonds is 5. The van der Waals surface area contributed by atoms with Crippen LogP contribution in [0.4, 0.5) is 0 Å². The maximum absolute atomic E-state index is 10.3. The lowest BCUT2D eigenvalue weighted by Gasteiger charge is -2.42. The van der Waals surface area contributed by atoms with E-state index in [0.29, 0.717) is 17.4 Å². The number of nitrogens with zero attached hydrogens (tertiary/aromatic N) is 1. The van der Waals surface area contributed by atoms with Crippen molar-refractivity contribution in [1.29, 1.82) is 0 Å². The van der Waals surface area contributed by atoms with Crippen LogP contribution in [-0.2, 0) is 0 Å². The molecule has 0 aromatic rings. The Morgan fingerprint density at radius 1 is 1.26 bits per heavy atom. The topological polar surface area (TPSA) is 23.5 Å². The molecule has 2 nitrogen and oxygen atoms in total. The van der Waals surface area contributed by atoms with Crippen molar-refractivity contribution in [2.24, 2.45) is 17.3 Å². The fraction of sp³-hybridized carbons (Fsp3) is 1.00. The highest BCUT2D eigenvalue weighted by atomic mass is 16.3. The van der Waals surface area contributed by atoms with E-state index >= 15 is 0 Å². The third kappa shape index (κ3) is 5.07. The molecule has 1 fully saturated rings. The van der Waals surface area contributed by atoms with Crippen molar-refractivity contribution in [3.8, 4) is 0 Å². The van der Waals surface area contributed by atoms with Crippen molar-refractivity contribution in [1.82, 2.24) is 4.90 Å². The Bertz CT molecular complexity index is 258. The molecule has 0 heterocycles. The average Bonchev–Trinajstić information content (AvgIpc) is 2.30. The van der Waals surface area contributed by atoms with Crippen LogP contribution in [-0.4, -0.2) is 35.7 Å². The van der Waals surface area contributed by atoms with Gasteiger partial charge in [-0.3, -0.25) is 0 Å². The number of hydrogen-bond acceptors (Lipinski definition) is 2. The summed E-state index contributed by atoms with van der Waals surface area (Å²) in [6.45, 7) is 12.6. The first kappa shape index (κ1) is 17.0. The summed E-state index contributed by atoms with van der Waals surface area (Å²) in [5.41, 5.74) is 0.381. The minimum Gasteiger partial charge on any atom is -0.393 e. The summed E-state index contributed by atoms with van der Waals surface area (Å²) in [6, 6.07) is 0.632. The fourth-order valence-electron chi connectivity index (χ4n) is 3.42. The highest BCUT2D eigenvalue weighted by Crippen LogP contribution is 2.40.